The third-order valence-electron chi connectivity index (χ3n) is 4.12. The van der Waals surface area contributed by atoms with Crippen molar-refractivity contribution in [1.29, 1.82) is 0 Å². The van der Waals surface area contributed by atoms with Crippen LogP contribution in [-0.4, -0.2) is 16.9 Å². The predicted molar refractivity (Wildman–Crippen MR) is 95.4 cm³/mol. The number of nitrogens with zero attached hydrogens (tertiary/aromatic N) is 1. The van der Waals surface area contributed by atoms with Gasteiger partial charge in [0.1, 0.15) is 11.3 Å². The number of amides is 1. The first kappa shape index (κ1) is 17.2. The Bertz CT molecular complexity index is 786. The molecule has 0 unspecified atom stereocenters. The molecule has 0 bridgehead atoms. The highest BCUT2D eigenvalue weighted by Crippen LogP contribution is 2.26. The Morgan fingerprint density at radius 1 is 1.16 bits per heavy atom. The maximum absolute atomic E-state index is 12.3. The highest BCUT2D eigenvalue weighted by Gasteiger charge is 2.21. The van der Waals surface area contributed by atoms with Crippen molar-refractivity contribution < 1.29 is 14.5 Å². The molecule has 0 atom stereocenters. The Balaban J connectivity index is 1.70. The van der Waals surface area contributed by atoms with Crippen LogP contribution in [0, 0.1) is 10.1 Å². The fourth-order valence-corrected chi connectivity index (χ4v) is 3.04. The molecule has 0 aliphatic heterocycles. The summed E-state index contributed by atoms with van der Waals surface area (Å²) >= 11 is 5.85. The third-order valence-corrected chi connectivity index (χ3v) is 4.35. The summed E-state index contributed by atoms with van der Waals surface area (Å²) in [6, 6.07) is 10.9. The smallest absolute Gasteiger partial charge is 0.282 e. The predicted octanol–water partition coefficient (Wildman–Crippen LogP) is 4.82. The molecule has 1 N–H and O–H groups in total. The number of carbonyl (C=O) groups excluding carboxylic acids is 1. The lowest BCUT2D eigenvalue weighted by Crippen LogP contribution is -2.14. The molecule has 0 heterocycles. The number of nitro groups is 1. The minimum atomic E-state index is -0.607. The zero-order valence-electron chi connectivity index (χ0n) is 13.4. The van der Waals surface area contributed by atoms with E-state index in [9.17, 15) is 14.9 Å². The van der Waals surface area contributed by atoms with Gasteiger partial charge in [0.25, 0.3) is 11.6 Å². The molecule has 0 radical (unpaired) electrons. The van der Waals surface area contributed by atoms with Gasteiger partial charge in [0, 0.05) is 16.8 Å². The first-order valence-corrected chi connectivity index (χ1v) is 8.43. The van der Waals surface area contributed by atoms with Gasteiger partial charge in [0.05, 0.1) is 11.0 Å². The van der Waals surface area contributed by atoms with Crippen LogP contribution in [0.3, 0.4) is 0 Å². The van der Waals surface area contributed by atoms with E-state index >= 15 is 0 Å². The van der Waals surface area contributed by atoms with Gasteiger partial charge >= 0.3 is 0 Å². The highest BCUT2D eigenvalue weighted by atomic mass is 35.5. The Kier molecular flexibility index (Phi) is 5.19. The molecule has 3 rings (SSSR count). The second kappa shape index (κ2) is 7.53. The van der Waals surface area contributed by atoms with Crippen LogP contribution in [0.25, 0.3) is 0 Å². The van der Waals surface area contributed by atoms with Crippen LogP contribution in [0.5, 0.6) is 5.75 Å². The van der Waals surface area contributed by atoms with Gasteiger partial charge in [-0.25, -0.2) is 0 Å². The SMILES string of the molecule is O=C(Nc1ccc(OC2CCCC2)cc1)c1cc(Cl)ccc1[N+](=O)[O-]. The van der Waals surface area contributed by atoms with E-state index in [4.69, 9.17) is 16.3 Å². The largest absolute Gasteiger partial charge is 0.490 e. The van der Waals surface area contributed by atoms with Gasteiger partial charge in [0.2, 0.25) is 0 Å². The summed E-state index contributed by atoms with van der Waals surface area (Å²) in [6.07, 6.45) is 4.78. The minimum Gasteiger partial charge on any atom is -0.490 e. The highest BCUT2D eigenvalue weighted by molar-refractivity contribution is 6.31. The molecule has 6 nitrogen and oxygen atoms in total. The number of nitrogens with one attached hydrogen (secondary N) is 1. The molecule has 0 aromatic heterocycles. The van der Waals surface area contributed by atoms with E-state index in [1.165, 1.54) is 31.0 Å². The van der Waals surface area contributed by atoms with Crippen molar-refractivity contribution in [1.82, 2.24) is 0 Å². The second-order valence-corrected chi connectivity index (χ2v) is 6.36. The van der Waals surface area contributed by atoms with Crippen molar-refractivity contribution in [2.75, 3.05) is 5.32 Å². The maximum Gasteiger partial charge on any atom is 0.282 e. The number of halogens is 1. The van der Waals surface area contributed by atoms with Gasteiger partial charge in [-0.1, -0.05) is 11.6 Å². The third kappa shape index (κ3) is 4.28. The molecule has 0 spiro atoms. The van der Waals surface area contributed by atoms with Crippen LogP contribution >= 0.6 is 11.6 Å². The summed E-state index contributed by atoms with van der Waals surface area (Å²) in [7, 11) is 0. The van der Waals surface area contributed by atoms with Crippen molar-refractivity contribution in [3.05, 3.63) is 63.2 Å². The maximum atomic E-state index is 12.3. The van der Waals surface area contributed by atoms with E-state index in [0.29, 0.717) is 5.69 Å². The van der Waals surface area contributed by atoms with Crippen LogP contribution in [-0.2, 0) is 0 Å². The van der Waals surface area contributed by atoms with E-state index in [1.807, 2.05) is 0 Å². The van der Waals surface area contributed by atoms with Crippen LogP contribution in [0.4, 0.5) is 11.4 Å². The van der Waals surface area contributed by atoms with Gasteiger partial charge in [-0.05, 0) is 62.1 Å². The Morgan fingerprint density at radius 2 is 1.84 bits per heavy atom. The quantitative estimate of drug-likeness (QED) is 0.612. The number of anilines is 1. The van der Waals surface area contributed by atoms with Crippen molar-refractivity contribution in [2.24, 2.45) is 0 Å². The fourth-order valence-electron chi connectivity index (χ4n) is 2.86. The van der Waals surface area contributed by atoms with Crippen molar-refractivity contribution in [3.63, 3.8) is 0 Å². The molecular weight excluding hydrogens is 344 g/mol. The Morgan fingerprint density at radius 3 is 2.48 bits per heavy atom. The molecule has 1 aliphatic carbocycles. The molecule has 2 aromatic carbocycles. The first-order valence-electron chi connectivity index (χ1n) is 8.05. The molecular formula is C18H17ClN2O4. The van der Waals surface area contributed by atoms with Crippen LogP contribution < -0.4 is 10.1 Å². The number of hydrogen-bond acceptors (Lipinski definition) is 4. The second-order valence-electron chi connectivity index (χ2n) is 5.92. The van der Waals surface area contributed by atoms with Gasteiger partial charge in [-0.15, -0.1) is 0 Å². The average molecular weight is 361 g/mol. The minimum absolute atomic E-state index is 0.0798. The number of carbonyl (C=O) groups is 1. The lowest BCUT2D eigenvalue weighted by Gasteiger charge is -2.13. The van der Waals surface area contributed by atoms with Crippen molar-refractivity contribution in [3.8, 4) is 5.75 Å². The molecule has 1 aliphatic rings. The summed E-state index contributed by atoms with van der Waals surface area (Å²) in [4.78, 5) is 22.8. The molecule has 1 amide bonds. The van der Waals surface area contributed by atoms with Crippen molar-refractivity contribution in [2.45, 2.75) is 31.8 Å². The van der Waals surface area contributed by atoms with E-state index in [1.54, 1.807) is 24.3 Å². The topological polar surface area (TPSA) is 81.5 Å². The van der Waals surface area contributed by atoms with E-state index < -0.39 is 10.8 Å². The standard InChI is InChI=1S/C18H17ClN2O4/c19-12-5-10-17(21(23)24)16(11-12)18(22)20-13-6-8-15(9-7-13)25-14-3-1-2-4-14/h5-11,14H,1-4H2,(H,20,22). The van der Waals surface area contributed by atoms with E-state index in [-0.39, 0.29) is 22.4 Å². The fraction of sp³-hybridized carbons (Fsp3) is 0.278. The summed E-state index contributed by atoms with van der Waals surface area (Å²) in [5.74, 6) is 0.164. The number of hydrogen-bond donors (Lipinski definition) is 1. The lowest BCUT2D eigenvalue weighted by molar-refractivity contribution is -0.385. The molecule has 0 saturated heterocycles. The zero-order valence-corrected chi connectivity index (χ0v) is 14.2. The van der Waals surface area contributed by atoms with Gasteiger partial charge < -0.3 is 10.1 Å². The summed E-state index contributed by atoms with van der Waals surface area (Å²) < 4.78 is 5.87. The monoisotopic (exact) mass is 360 g/mol. The van der Waals surface area contributed by atoms with E-state index in [0.717, 1.165) is 18.6 Å². The molecule has 1 saturated carbocycles. The Labute approximate surface area is 149 Å². The van der Waals surface area contributed by atoms with Crippen LogP contribution in [0.1, 0.15) is 36.0 Å². The normalized spacial score (nSPS) is 14.3. The van der Waals surface area contributed by atoms with Gasteiger partial charge in [-0.3, -0.25) is 14.9 Å². The van der Waals surface area contributed by atoms with Crippen molar-refractivity contribution >= 4 is 28.9 Å². The molecule has 25 heavy (non-hydrogen) atoms. The summed E-state index contributed by atoms with van der Waals surface area (Å²) in [5, 5.41) is 14.0. The van der Waals surface area contributed by atoms with Gasteiger partial charge in [-0.2, -0.15) is 0 Å². The zero-order chi connectivity index (χ0) is 17.8. The lowest BCUT2D eigenvalue weighted by atomic mass is 10.1. The Hall–Kier alpha value is -2.60. The first-order chi connectivity index (χ1) is 12.0. The van der Waals surface area contributed by atoms with Crippen LogP contribution in [0.15, 0.2) is 42.5 Å². The number of ether oxygens (including phenoxy) is 1. The molecule has 130 valence electrons. The summed E-state index contributed by atoms with van der Waals surface area (Å²) in [5.41, 5.74) is 0.157. The van der Waals surface area contributed by atoms with E-state index in [2.05, 4.69) is 5.32 Å². The summed E-state index contributed by atoms with van der Waals surface area (Å²) in [6.45, 7) is 0. The van der Waals surface area contributed by atoms with Crippen LogP contribution in [0.2, 0.25) is 5.02 Å². The van der Waals surface area contributed by atoms with Gasteiger partial charge in [0.15, 0.2) is 0 Å². The molecule has 1 fully saturated rings. The number of rotatable bonds is 5. The molecule has 7 heteroatoms. The molecule has 2 aromatic rings. The average Bonchev–Trinajstić information content (AvgIpc) is 3.09. The number of benzene rings is 2. The number of nitro benzene ring substituents is 1.